The van der Waals surface area contributed by atoms with E-state index in [2.05, 4.69) is 10.4 Å². The summed E-state index contributed by atoms with van der Waals surface area (Å²) in [6, 6.07) is 14.5. The summed E-state index contributed by atoms with van der Waals surface area (Å²) in [6.45, 7) is 3.97. The maximum Gasteiger partial charge on any atom is 0.349 e. The molecule has 3 heterocycles. The highest BCUT2D eigenvalue weighted by Crippen LogP contribution is 2.32. The Labute approximate surface area is 180 Å². The van der Waals surface area contributed by atoms with E-state index in [9.17, 15) is 13.8 Å². The normalized spacial score (nSPS) is 15.2. The number of hydrogen-bond acceptors (Lipinski definition) is 5. The number of nitrogens with zero attached hydrogens (tertiary/aromatic N) is 2. The summed E-state index contributed by atoms with van der Waals surface area (Å²) >= 11 is 0. The molecule has 1 N–H and O–H groups in total. The summed E-state index contributed by atoms with van der Waals surface area (Å²) in [4.78, 5) is 25.5. The number of carbonyl (C=O) groups excluding carboxylic acids is 1. The first-order chi connectivity index (χ1) is 14.9. The van der Waals surface area contributed by atoms with Gasteiger partial charge in [-0.05, 0) is 37.6 Å². The molecule has 0 bridgehead atoms. The molecule has 5 rings (SSSR count). The number of rotatable bonds is 3. The number of hydrogen-bond donors (Lipinski definition) is 1. The Kier molecular flexibility index (Phi) is 4.59. The van der Waals surface area contributed by atoms with Crippen LogP contribution in [-0.4, -0.2) is 19.9 Å². The fraction of sp³-hybridized carbons (Fsp3) is 0.174. The SMILES string of the molecule is Cc1ccc(-n2nc3c(c2NC(=O)c2cc4ccccc4oc2=O)CS(=O)C3)c(C)c1. The molecular weight excluding hydrogens is 414 g/mol. The monoisotopic (exact) mass is 433 g/mol. The first-order valence-electron chi connectivity index (χ1n) is 9.78. The molecule has 1 unspecified atom stereocenters. The second kappa shape index (κ2) is 7.31. The predicted molar refractivity (Wildman–Crippen MR) is 119 cm³/mol. The van der Waals surface area contributed by atoms with E-state index in [1.807, 2.05) is 32.0 Å². The summed E-state index contributed by atoms with van der Waals surface area (Å²) in [7, 11) is -1.06. The molecule has 156 valence electrons. The lowest BCUT2D eigenvalue weighted by Gasteiger charge is -2.13. The van der Waals surface area contributed by atoms with Gasteiger partial charge in [0.1, 0.15) is 17.0 Å². The average molecular weight is 433 g/mol. The minimum Gasteiger partial charge on any atom is -0.422 e. The predicted octanol–water partition coefficient (Wildman–Crippen LogP) is 3.61. The third kappa shape index (κ3) is 3.38. The molecule has 0 saturated carbocycles. The zero-order valence-corrected chi connectivity index (χ0v) is 17.8. The number of fused-ring (bicyclic) bond motifs is 2. The van der Waals surface area contributed by atoms with Crippen molar-refractivity contribution in [2.24, 2.45) is 0 Å². The van der Waals surface area contributed by atoms with E-state index in [1.54, 1.807) is 28.9 Å². The van der Waals surface area contributed by atoms with Crippen molar-refractivity contribution in [1.82, 2.24) is 9.78 Å². The molecule has 0 aliphatic carbocycles. The summed E-state index contributed by atoms with van der Waals surface area (Å²) in [5.41, 5.74) is 3.95. The molecule has 0 fully saturated rings. The van der Waals surface area contributed by atoms with Gasteiger partial charge in [-0.25, -0.2) is 9.48 Å². The molecule has 0 radical (unpaired) electrons. The van der Waals surface area contributed by atoms with Crippen LogP contribution in [0.1, 0.15) is 32.7 Å². The third-order valence-corrected chi connectivity index (χ3v) is 6.57. The highest BCUT2D eigenvalue weighted by molar-refractivity contribution is 7.83. The van der Waals surface area contributed by atoms with Crippen molar-refractivity contribution in [3.8, 4) is 5.69 Å². The smallest absolute Gasteiger partial charge is 0.349 e. The van der Waals surface area contributed by atoms with Crippen LogP contribution in [0.25, 0.3) is 16.7 Å². The minimum absolute atomic E-state index is 0.0973. The molecule has 4 aromatic rings. The number of carbonyl (C=O) groups is 1. The fourth-order valence-corrected chi connectivity index (χ4v) is 5.13. The number of benzene rings is 2. The van der Waals surface area contributed by atoms with Gasteiger partial charge < -0.3 is 9.73 Å². The Hall–Kier alpha value is -3.52. The fourth-order valence-electron chi connectivity index (χ4n) is 3.87. The van der Waals surface area contributed by atoms with Gasteiger partial charge in [0.25, 0.3) is 5.91 Å². The third-order valence-electron chi connectivity index (χ3n) is 5.37. The van der Waals surface area contributed by atoms with Crippen LogP contribution in [0.3, 0.4) is 0 Å². The molecule has 2 aromatic heterocycles. The molecule has 0 saturated heterocycles. The summed E-state index contributed by atoms with van der Waals surface area (Å²) in [5.74, 6) is 0.493. The van der Waals surface area contributed by atoms with E-state index < -0.39 is 22.3 Å². The van der Waals surface area contributed by atoms with Gasteiger partial charge in [0.05, 0.1) is 22.9 Å². The van der Waals surface area contributed by atoms with E-state index in [4.69, 9.17) is 4.42 Å². The quantitative estimate of drug-likeness (QED) is 0.498. The van der Waals surface area contributed by atoms with Gasteiger partial charge in [0.2, 0.25) is 0 Å². The van der Waals surface area contributed by atoms with Crippen molar-refractivity contribution in [2.75, 3.05) is 5.32 Å². The number of para-hydroxylation sites is 1. The molecule has 1 atom stereocenters. The van der Waals surface area contributed by atoms with Gasteiger partial charge >= 0.3 is 5.63 Å². The van der Waals surface area contributed by atoms with Crippen molar-refractivity contribution in [1.29, 1.82) is 0 Å². The molecule has 8 heteroatoms. The molecular formula is C23H19N3O4S. The zero-order chi connectivity index (χ0) is 21.7. The number of aromatic nitrogens is 2. The zero-order valence-electron chi connectivity index (χ0n) is 17.0. The van der Waals surface area contributed by atoms with Crippen LogP contribution in [0.15, 0.2) is 57.7 Å². The average Bonchev–Trinajstić information content (AvgIpc) is 3.24. The Morgan fingerprint density at radius 2 is 1.94 bits per heavy atom. The van der Waals surface area contributed by atoms with Gasteiger partial charge in [-0.3, -0.25) is 9.00 Å². The van der Waals surface area contributed by atoms with Crippen molar-refractivity contribution in [3.63, 3.8) is 0 Å². The van der Waals surface area contributed by atoms with Gasteiger partial charge in [-0.2, -0.15) is 5.10 Å². The van der Waals surface area contributed by atoms with Crippen LogP contribution in [0.4, 0.5) is 5.82 Å². The maximum absolute atomic E-state index is 13.1. The standard InChI is InChI=1S/C23H19N3O4S/c1-13-7-8-19(14(2)9-13)26-21(17-11-31(29)12-18(17)25-26)24-22(27)16-10-15-5-3-4-6-20(15)30-23(16)28/h3-10H,11-12H2,1-2H3,(H,24,27). The molecule has 1 amide bonds. The van der Waals surface area contributed by atoms with Crippen molar-refractivity contribution >= 4 is 33.5 Å². The Morgan fingerprint density at radius 1 is 1.13 bits per heavy atom. The second-order valence-corrected chi connectivity index (χ2v) is 9.10. The first kappa shape index (κ1) is 19.4. The summed E-state index contributed by atoms with van der Waals surface area (Å²) < 4.78 is 19.1. The van der Waals surface area contributed by atoms with Crippen molar-refractivity contribution in [2.45, 2.75) is 25.4 Å². The van der Waals surface area contributed by atoms with E-state index in [0.29, 0.717) is 34.0 Å². The summed E-state index contributed by atoms with van der Waals surface area (Å²) in [6.07, 6.45) is 0. The van der Waals surface area contributed by atoms with E-state index in [1.165, 1.54) is 6.07 Å². The van der Waals surface area contributed by atoms with Crippen LogP contribution in [-0.2, 0) is 22.3 Å². The molecule has 0 spiro atoms. The number of nitrogens with one attached hydrogen (secondary N) is 1. The van der Waals surface area contributed by atoms with Gasteiger partial charge in [0.15, 0.2) is 0 Å². The number of aryl methyl sites for hydroxylation is 2. The minimum atomic E-state index is -1.06. The van der Waals surface area contributed by atoms with Crippen LogP contribution >= 0.6 is 0 Å². The highest BCUT2D eigenvalue weighted by Gasteiger charge is 2.29. The second-order valence-electron chi connectivity index (χ2n) is 7.64. The van der Waals surface area contributed by atoms with Crippen LogP contribution in [0.2, 0.25) is 0 Å². The molecule has 1 aliphatic heterocycles. The Balaban J connectivity index is 1.60. The number of anilines is 1. The first-order valence-corrected chi connectivity index (χ1v) is 11.3. The maximum atomic E-state index is 13.1. The van der Waals surface area contributed by atoms with Gasteiger partial charge in [-0.1, -0.05) is 35.9 Å². The summed E-state index contributed by atoms with van der Waals surface area (Å²) in [5, 5.41) is 8.12. The van der Waals surface area contributed by atoms with Crippen LogP contribution in [0.5, 0.6) is 0 Å². The van der Waals surface area contributed by atoms with Gasteiger partial charge in [-0.15, -0.1) is 0 Å². The lowest BCUT2D eigenvalue weighted by Crippen LogP contribution is -2.23. The molecule has 7 nitrogen and oxygen atoms in total. The van der Waals surface area contributed by atoms with Crippen LogP contribution in [0, 0.1) is 13.8 Å². The Bertz CT molecular complexity index is 1450. The Morgan fingerprint density at radius 3 is 2.74 bits per heavy atom. The molecule has 2 aromatic carbocycles. The molecule has 1 aliphatic rings. The van der Waals surface area contributed by atoms with Crippen molar-refractivity contribution in [3.05, 3.63) is 86.9 Å². The van der Waals surface area contributed by atoms with Gasteiger partial charge in [0, 0.05) is 21.7 Å². The number of amides is 1. The van der Waals surface area contributed by atoms with E-state index in [0.717, 1.165) is 22.4 Å². The van der Waals surface area contributed by atoms with Crippen molar-refractivity contribution < 1.29 is 13.4 Å². The lowest BCUT2D eigenvalue weighted by atomic mass is 10.1. The van der Waals surface area contributed by atoms with E-state index >= 15 is 0 Å². The largest absolute Gasteiger partial charge is 0.422 e. The van der Waals surface area contributed by atoms with E-state index in [-0.39, 0.29) is 5.56 Å². The molecule has 31 heavy (non-hydrogen) atoms. The van der Waals surface area contributed by atoms with Crippen LogP contribution < -0.4 is 10.9 Å². The highest BCUT2D eigenvalue weighted by atomic mass is 32.2. The topological polar surface area (TPSA) is 94.2 Å². The lowest BCUT2D eigenvalue weighted by molar-refractivity contribution is 0.102.